The maximum atomic E-state index is 13.8. The number of benzene rings is 2. The Balaban J connectivity index is 1.83. The van der Waals surface area contributed by atoms with Crippen molar-refractivity contribution >= 4 is 17.3 Å². The van der Waals surface area contributed by atoms with Crippen LogP contribution < -0.4 is 5.32 Å². The number of aromatic nitrogens is 2. The molecule has 1 aromatic heterocycles. The second-order valence-electron chi connectivity index (χ2n) is 4.58. The van der Waals surface area contributed by atoms with Crippen molar-refractivity contribution in [2.75, 3.05) is 5.32 Å². The van der Waals surface area contributed by atoms with Gasteiger partial charge >= 0.3 is 0 Å². The number of hydrogen-bond acceptors (Lipinski definition) is 2. The first-order chi connectivity index (χ1) is 10.2. The highest BCUT2D eigenvalue weighted by Gasteiger charge is 2.06. The molecule has 3 aromatic rings. The molecule has 0 radical (unpaired) electrons. The number of para-hydroxylation sites is 2. The molecular formula is C16H13ClFN3. The second-order valence-corrected chi connectivity index (χ2v) is 5.01. The van der Waals surface area contributed by atoms with Crippen LogP contribution in [0, 0.1) is 5.82 Å². The van der Waals surface area contributed by atoms with Crippen LogP contribution in [0.25, 0.3) is 5.69 Å². The zero-order valence-corrected chi connectivity index (χ0v) is 11.9. The molecule has 0 spiro atoms. The van der Waals surface area contributed by atoms with E-state index in [2.05, 4.69) is 10.3 Å². The third kappa shape index (κ3) is 3.06. The maximum Gasteiger partial charge on any atom is 0.129 e. The van der Waals surface area contributed by atoms with Crippen LogP contribution in [0.2, 0.25) is 5.02 Å². The summed E-state index contributed by atoms with van der Waals surface area (Å²) in [5.41, 5.74) is 2.44. The number of halogens is 2. The predicted molar refractivity (Wildman–Crippen MR) is 82.3 cm³/mol. The summed E-state index contributed by atoms with van der Waals surface area (Å²) in [4.78, 5) is 4.04. The van der Waals surface area contributed by atoms with Gasteiger partial charge in [0, 0.05) is 29.5 Å². The van der Waals surface area contributed by atoms with Gasteiger partial charge in [0.15, 0.2) is 0 Å². The van der Waals surface area contributed by atoms with Crippen LogP contribution in [0.15, 0.2) is 61.2 Å². The van der Waals surface area contributed by atoms with Gasteiger partial charge < -0.3 is 9.88 Å². The molecule has 0 aliphatic heterocycles. The Labute approximate surface area is 127 Å². The van der Waals surface area contributed by atoms with Gasteiger partial charge in [-0.15, -0.1) is 0 Å². The lowest BCUT2D eigenvalue weighted by Crippen LogP contribution is -2.05. The molecule has 0 aliphatic carbocycles. The van der Waals surface area contributed by atoms with E-state index in [9.17, 15) is 4.39 Å². The molecule has 21 heavy (non-hydrogen) atoms. The lowest BCUT2D eigenvalue weighted by Gasteiger charge is -2.13. The zero-order valence-electron chi connectivity index (χ0n) is 11.1. The van der Waals surface area contributed by atoms with Crippen molar-refractivity contribution in [2.45, 2.75) is 6.54 Å². The van der Waals surface area contributed by atoms with E-state index in [0.717, 1.165) is 11.4 Å². The van der Waals surface area contributed by atoms with Crippen molar-refractivity contribution < 1.29 is 4.39 Å². The first-order valence-electron chi connectivity index (χ1n) is 6.49. The van der Waals surface area contributed by atoms with Crippen LogP contribution in [0.1, 0.15) is 5.56 Å². The molecule has 5 heteroatoms. The minimum atomic E-state index is -0.310. The van der Waals surface area contributed by atoms with Crippen LogP contribution in [0.5, 0.6) is 0 Å². The van der Waals surface area contributed by atoms with Crippen LogP contribution in [0.3, 0.4) is 0 Å². The summed E-state index contributed by atoms with van der Waals surface area (Å²) in [7, 11) is 0. The fourth-order valence-electron chi connectivity index (χ4n) is 2.11. The standard InChI is InChI=1S/C16H13ClFN3/c17-13-6-5-12(14(18)9-13)10-20-15-3-1-2-4-16(15)21-8-7-19-11-21/h1-9,11,20H,10H2. The predicted octanol–water partition coefficient (Wildman–Crippen LogP) is 4.28. The summed E-state index contributed by atoms with van der Waals surface area (Å²) in [5, 5.41) is 3.64. The smallest absolute Gasteiger partial charge is 0.129 e. The molecule has 3 rings (SSSR count). The summed E-state index contributed by atoms with van der Waals surface area (Å²) in [5.74, 6) is -0.310. The van der Waals surface area contributed by atoms with Gasteiger partial charge in [0.25, 0.3) is 0 Å². The molecule has 106 valence electrons. The summed E-state index contributed by atoms with van der Waals surface area (Å²) < 4.78 is 15.7. The molecule has 1 heterocycles. The van der Waals surface area contributed by atoms with E-state index in [-0.39, 0.29) is 5.82 Å². The molecule has 0 aliphatic rings. The van der Waals surface area contributed by atoms with Crippen LogP contribution in [-0.2, 0) is 6.54 Å². The van der Waals surface area contributed by atoms with E-state index in [0.29, 0.717) is 17.1 Å². The highest BCUT2D eigenvalue weighted by atomic mass is 35.5. The normalized spacial score (nSPS) is 10.6. The molecule has 1 N–H and O–H groups in total. The van der Waals surface area contributed by atoms with Gasteiger partial charge in [-0.2, -0.15) is 0 Å². The van der Waals surface area contributed by atoms with Crippen LogP contribution >= 0.6 is 11.6 Å². The second kappa shape index (κ2) is 5.97. The number of nitrogens with zero attached hydrogens (tertiary/aromatic N) is 2. The summed E-state index contributed by atoms with van der Waals surface area (Å²) in [6.45, 7) is 0.384. The van der Waals surface area contributed by atoms with Gasteiger partial charge in [0.2, 0.25) is 0 Å². The third-order valence-electron chi connectivity index (χ3n) is 3.17. The average Bonchev–Trinajstić information content (AvgIpc) is 3.01. The molecule has 2 aromatic carbocycles. The maximum absolute atomic E-state index is 13.8. The van der Waals surface area contributed by atoms with E-state index < -0.39 is 0 Å². The Morgan fingerprint density at radius 1 is 1.19 bits per heavy atom. The van der Waals surface area contributed by atoms with Gasteiger partial charge in [-0.1, -0.05) is 29.8 Å². The summed E-state index contributed by atoms with van der Waals surface area (Å²) >= 11 is 5.76. The van der Waals surface area contributed by atoms with E-state index in [1.54, 1.807) is 24.7 Å². The van der Waals surface area contributed by atoms with Crippen molar-refractivity contribution in [3.05, 3.63) is 77.6 Å². The lowest BCUT2D eigenvalue weighted by molar-refractivity contribution is 0.613. The van der Waals surface area contributed by atoms with E-state index in [1.165, 1.54) is 6.07 Å². The van der Waals surface area contributed by atoms with E-state index >= 15 is 0 Å². The zero-order chi connectivity index (χ0) is 14.7. The van der Waals surface area contributed by atoms with Crippen molar-refractivity contribution in [2.24, 2.45) is 0 Å². The first-order valence-corrected chi connectivity index (χ1v) is 6.87. The van der Waals surface area contributed by atoms with Crippen molar-refractivity contribution in [3.8, 4) is 5.69 Å². The first kappa shape index (κ1) is 13.6. The van der Waals surface area contributed by atoms with Gasteiger partial charge in [-0.25, -0.2) is 9.37 Å². The highest BCUT2D eigenvalue weighted by Crippen LogP contribution is 2.21. The largest absolute Gasteiger partial charge is 0.379 e. The molecule has 0 atom stereocenters. The topological polar surface area (TPSA) is 29.9 Å². The molecule has 0 unspecified atom stereocenters. The Hall–Kier alpha value is -2.33. The Kier molecular flexibility index (Phi) is 3.88. The Morgan fingerprint density at radius 2 is 2.05 bits per heavy atom. The van der Waals surface area contributed by atoms with Gasteiger partial charge in [-0.3, -0.25) is 0 Å². The fourth-order valence-corrected chi connectivity index (χ4v) is 2.26. The SMILES string of the molecule is Fc1cc(Cl)ccc1CNc1ccccc1-n1ccnc1. The number of nitrogens with one attached hydrogen (secondary N) is 1. The Morgan fingerprint density at radius 3 is 2.81 bits per heavy atom. The van der Waals surface area contributed by atoms with Crippen molar-refractivity contribution in [3.63, 3.8) is 0 Å². The lowest BCUT2D eigenvalue weighted by atomic mass is 10.2. The van der Waals surface area contributed by atoms with Gasteiger partial charge in [0.1, 0.15) is 5.82 Å². The molecule has 0 saturated carbocycles. The average molecular weight is 302 g/mol. The van der Waals surface area contributed by atoms with Crippen molar-refractivity contribution in [1.82, 2.24) is 9.55 Å². The van der Waals surface area contributed by atoms with Gasteiger partial charge in [0.05, 0.1) is 17.7 Å². The molecule has 0 saturated heterocycles. The summed E-state index contributed by atoms with van der Waals surface area (Å²) in [6, 6.07) is 12.5. The third-order valence-corrected chi connectivity index (χ3v) is 3.41. The van der Waals surface area contributed by atoms with Crippen molar-refractivity contribution in [1.29, 1.82) is 0 Å². The molecule has 3 nitrogen and oxygen atoms in total. The molecule has 0 bridgehead atoms. The van der Waals surface area contributed by atoms with Crippen LogP contribution in [0.4, 0.5) is 10.1 Å². The summed E-state index contributed by atoms with van der Waals surface area (Å²) in [6.07, 6.45) is 5.31. The minimum Gasteiger partial charge on any atom is -0.379 e. The molecule has 0 amide bonds. The van der Waals surface area contributed by atoms with Crippen LogP contribution in [-0.4, -0.2) is 9.55 Å². The number of hydrogen-bond donors (Lipinski definition) is 1. The molecule has 0 fully saturated rings. The monoisotopic (exact) mass is 301 g/mol. The quantitative estimate of drug-likeness (QED) is 0.779. The number of imidazole rings is 1. The molecular weight excluding hydrogens is 289 g/mol. The van der Waals surface area contributed by atoms with E-state index in [4.69, 9.17) is 11.6 Å². The van der Waals surface area contributed by atoms with Gasteiger partial charge in [-0.05, 0) is 24.3 Å². The Bertz CT molecular complexity index is 741. The number of anilines is 1. The fraction of sp³-hybridized carbons (Fsp3) is 0.0625. The van der Waals surface area contributed by atoms with E-state index in [1.807, 2.05) is 35.0 Å². The highest BCUT2D eigenvalue weighted by molar-refractivity contribution is 6.30. The number of rotatable bonds is 4. The minimum absolute atomic E-state index is 0.310.